The molecule has 0 N–H and O–H groups in total. The number of carbonyl (C=O) groups excluding carboxylic acids is 4. The molecule has 0 saturated heterocycles. The monoisotopic (exact) mass is 354 g/mol. The van der Waals surface area contributed by atoms with Gasteiger partial charge >= 0.3 is 44.0 Å². The minimum atomic E-state index is -5.01. The zero-order valence-electron chi connectivity index (χ0n) is 13.5. The molecule has 0 aliphatic rings. The Labute approximate surface area is 132 Å². The van der Waals surface area contributed by atoms with Gasteiger partial charge in [-0.05, 0) is 0 Å². The van der Waals surface area contributed by atoms with Gasteiger partial charge < -0.3 is 18.9 Å². The maximum atomic E-state index is 12.7. The van der Waals surface area contributed by atoms with E-state index in [0.717, 1.165) is 41.5 Å². The first-order valence-corrected chi connectivity index (χ1v) is 7.67. The zero-order valence-corrected chi connectivity index (χ0v) is 14.3. The molecule has 0 spiro atoms. The molecular weight excluding hydrogens is 336 g/mol. The van der Waals surface area contributed by atoms with Crippen molar-refractivity contribution in [1.29, 1.82) is 0 Å². The average molecular weight is 354 g/mol. The molecule has 132 valence electrons. The highest BCUT2D eigenvalue weighted by Crippen LogP contribution is 2.34. The van der Waals surface area contributed by atoms with E-state index in [9.17, 15) is 27.6 Å². The van der Waals surface area contributed by atoms with Crippen LogP contribution in [0.25, 0.3) is 0 Å². The summed E-state index contributed by atoms with van der Waals surface area (Å²) in [7, 11) is -5.01. The second kappa shape index (κ2) is 6.94. The normalized spacial score (nSPS) is 12.1. The standard InChI is InChI=1S/C12H18O10S/c1-7(13)19-11(5,20-8(2)14)23(17,18)12(6,21-9(3)15)22-10(4)16/h1-6H3. The number of sulfone groups is 1. The molecule has 0 fully saturated rings. The highest BCUT2D eigenvalue weighted by molar-refractivity contribution is 7.93. The summed E-state index contributed by atoms with van der Waals surface area (Å²) in [4.78, 5) is 44.7. The van der Waals surface area contributed by atoms with Crippen molar-refractivity contribution in [3.8, 4) is 0 Å². The van der Waals surface area contributed by atoms with Crippen LogP contribution in [-0.2, 0) is 48.0 Å². The molecule has 0 heterocycles. The minimum absolute atomic E-state index is 0.733. The topological polar surface area (TPSA) is 139 Å². The Bertz CT molecular complexity index is 538. The molecule has 0 amide bonds. The van der Waals surface area contributed by atoms with Crippen molar-refractivity contribution in [2.75, 3.05) is 0 Å². The first-order chi connectivity index (χ1) is 10.2. The van der Waals surface area contributed by atoms with Gasteiger partial charge in [0.05, 0.1) is 0 Å². The average Bonchev–Trinajstić information content (AvgIpc) is 2.22. The molecule has 0 aromatic heterocycles. The van der Waals surface area contributed by atoms with Crippen LogP contribution in [0.15, 0.2) is 0 Å². The van der Waals surface area contributed by atoms with Crippen LogP contribution in [0.2, 0.25) is 0 Å². The Morgan fingerprint density at radius 1 is 0.609 bits per heavy atom. The van der Waals surface area contributed by atoms with E-state index in [1.165, 1.54) is 0 Å². The van der Waals surface area contributed by atoms with Crippen LogP contribution < -0.4 is 0 Å². The Morgan fingerprint density at radius 3 is 0.913 bits per heavy atom. The summed E-state index contributed by atoms with van der Waals surface area (Å²) in [5, 5.41) is -5.77. The molecule has 0 unspecified atom stereocenters. The summed E-state index contributed by atoms with van der Waals surface area (Å²) in [6.07, 6.45) is 0. The number of hydrogen-bond acceptors (Lipinski definition) is 10. The third kappa shape index (κ3) is 4.91. The fourth-order valence-corrected chi connectivity index (χ4v) is 3.22. The summed E-state index contributed by atoms with van der Waals surface area (Å²) in [5.41, 5.74) is 0. The summed E-state index contributed by atoms with van der Waals surface area (Å²) >= 11 is 0. The predicted octanol–water partition coefficient (Wildman–Crippen LogP) is 0.00100. The van der Waals surface area contributed by atoms with Crippen molar-refractivity contribution in [1.82, 2.24) is 0 Å². The lowest BCUT2D eigenvalue weighted by Crippen LogP contribution is -2.56. The van der Waals surface area contributed by atoms with Crippen molar-refractivity contribution >= 4 is 33.7 Å². The first-order valence-electron chi connectivity index (χ1n) is 6.19. The van der Waals surface area contributed by atoms with Crippen LogP contribution >= 0.6 is 0 Å². The molecule has 10 nitrogen and oxygen atoms in total. The molecule has 0 aliphatic carbocycles. The number of esters is 4. The number of ether oxygens (including phenoxy) is 4. The molecule has 0 atom stereocenters. The second-order valence-electron chi connectivity index (χ2n) is 4.60. The van der Waals surface area contributed by atoms with E-state index < -0.39 is 44.0 Å². The number of hydrogen-bond donors (Lipinski definition) is 0. The SMILES string of the molecule is CC(=O)OC(C)(OC(C)=O)S(=O)(=O)C(C)(OC(C)=O)OC(C)=O. The molecule has 0 aromatic carbocycles. The van der Waals surface area contributed by atoms with Gasteiger partial charge in [0.15, 0.2) is 0 Å². The number of rotatable bonds is 6. The summed E-state index contributed by atoms with van der Waals surface area (Å²) in [5.74, 6) is -4.42. The van der Waals surface area contributed by atoms with Gasteiger partial charge in [-0.25, -0.2) is 8.42 Å². The van der Waals surface area contributed by atoms with E-state index >= 15 is 0 Å². The van der Waals surface area contributed by atoms with Crippen molar-refractivity contribution in [3.05, 3.63) is 0 Å². The summed E-state index contributed by atoms with van der Waals surface area (Å²) < 4.78 is 43.7. The Hall–Kier alpha value is -2.17. The van der Waals surface area contributed by atoms with Crippen LogP contribution in [0, 0.1) is 0 Å². The molecule has 0 rings (SSSR count). The van der Waals surface area contributed by atoms with Gasteiger partial charge in [0.1, 0.15) is 0 Å². The van der Waals surface area contributed by atoms with Crippen molar-refractivity contribution in [3.63, 3.8) is 0 Å². The summed E-state index contributed by atoms with van der Waals surface area (Å²) in [6.45, 7) is 4.93. The molecule has 23 heavy (non-hydrogen) atoms. The van der Waals surface area contributed by atoms with E-state index in [1.807, 2.05) is 0 Å². The second-order valence-corrected chi connectivity index (χ2v) is 7.09. The predicted molar refractivity (Wildman–Crippen MR) is 72.8 cm³/mol. The largest absolute Gasteiger partial charge is 0.409 e. The van der Waals surface area contributed by atoms with Gasteiger partial charge in [-0.3, -0.25) is 19.2 Å². The fourth-order valence-electron chi connectivity index (χ4n) is 1.64. The van der Waals surface area contributed by atoms with Crippen molar-refractivity contribution in [2.24, 2.45) is 0 Å². The molecule has 0 bridgehead atoms. The van der Waals surface area contributed by atoms with Crippen LogP contribution in [0.4, 0.5) is 0 Å². The Morgan fingerprint density at radius 2 is 0.783 bits per heavy atom. The Balaban J connectivity index is 6.23. The zero-order chi connectivity index (χ0) is 18.6. The van der Waals surface area contributed by atoms with E-state index in [4.69, 9.17) is 0 Å². The highest BCUT2D eigenvalue weighted by Gasteiger charge is 2.61. The van der Waals surface area contributed by atoms with Crippen LogP contribution in [0.1, 0.15) is 41.5 Å². The van der Waals surface area contributed by atoms with E-state index in [-0.39, 0.29) is 0 Å². The van der Waals surface area contributed by atoms with Gasteiger partial charge in [0, 0.05) is 41.5 Å². The lowest BCUT2D eigenvalue weighted by Gasteiger charge is -2.35. The van der Waals surface area contributed by atoms with Crippen LogP contribution in [0.3, 0.4) is 0 Å². The van der Waals surface area contributed by atoms with Gasteiger partial charge in [-0.15, -0.1) is 0 Å². The summed E-state index contributed by atoms with van der Waals surface area (Å²) in [6, 6.07) is 0. The molecular formula is C12H18O10S. The maximum absolute atomic E-state index is 12.7. The molecule has 11 heteroatoms. The van der Waals surface area contributed by atoms with E-state index in [2.05, 4.69) is 18.9 Å². The van der Waals surface area contributed by atoms with Crippen molar-refractivity contribution in [2.45, 2.75) is 51.8 Å². The van der Waals surface area contributed by atoms with E-state index in [0.29, 0.717) is 0 Å². The van der Waals surface area contributed by atoms with Crippen LogP contribution in [0.5, 0.6) is 0 Å². The van der Waals surface area contributed by atoms with E-state index in [1.54, 1.807) is 0 Å². The quantitative estimate of drug-likeness (QED) is 0.473. The molecule has 0 saturated carbocycles. The smallest absolute Gasteiger partial charge is 0.365 e. The highest BCUT2D eigenvalue weighted by atomic mass is 32.2. The van der Waals surface area contributed by atoms with Gasteiger partial charge in [0.2, 0.25) is 0 Å². The molecule has 0 aliphatic heterocycles. The minimum Gasteiger partial charge on any atom is -0.409 e. The molecule has 0 aromatic rings. The first kappa shape index (κ1) is 20.8. The lowest BCUT2D eigenvalue weighted by atomic mass is 10.6. The molecule has 0 radical (unpaired) electrons. The number of carbonyl (C=O) groups is 4. The lowest BCUT2D eigenvalue weighted by molar-refractivity contribution is -0.204. The Kier molecular flexibility index (Phi) is 6.29. The maximum Gasteiger partial charge on any atom is 0.365 e. The van der Waals surface area contributed by atoms with Gasteiger partial charge in [-0.1, -0.05) is 0 Å². The van der Waals surface area contributed by atoms with Crippen LogP contribution in [-0.4, -0.2) is 42.5 Å². The van der Waals surface area contributed by atoms with Crippen molar-refractivity contribution < 1.29 is 46.5 Å². The van der Waals surface area contributed by atoms with Gasteiger partial charge in [0.25, 0.3) is 0 Å². The third-order valence-electron chi connectivity index (χ3n) is 2.29. The third-order valence-corrected chi connectivity index (χ3v) is 4.58. The fraction of sp³-hybridized carbons (Fsp3) is 0.667. The van der Waals surface area contributed by atoms with Gasteiger partial charge in [-0.2, -0.15) is 0 Å².